The molecule has 2 unspecified atom stereocenters. The number of hydrogen-bond acceptors (Lipinski definition) is 3. The number of likely N-dealkylation sites (tertiary alicyclic amines) is 1. The Morgan fingerprint density at radius 3 is 2.95 bits per heavy atom. The molecule has 1 aromatic rings. The number of amides is 1. The number of anilines is 1. The third-order valence-electron chi connectivity index (χ3n) is 4.03. The molecule has 1 aliphatic heterocycles. The van der Waals surface area contributed by atoms with Gasteiger partial charge in [-0.3, -0.25) is 4.79 Å². The van der Waals surface area contributed by atoms with E-state index in [1.165, 1.54) is 0 Å². The summed E-state index contributed by atoms with van der Waals surface area (Å²) in [5.74, 6) is 1.47. The van der Waals surface area contributed by atoms with Crippen LogP contribution in [0, 0.1) is 5.92 Å². The Kier molecular flexibility index (Phi) is 5.62. The second kappa shape index (κ2) is 7.25. The second-order valence-corrected chi connectivity index (χ2v) is 6.87. The average molecular weight is 354 g/mol. The lowest BCUT2D eigenvalue weighted by Gasteiger charge is -2.36. The first kappa shape index (κ1) is 16.3. The van der Waals surface area contributed by atoms with Gasteiger partial charge < -0.3 is 10.2 Å². The molecule has 1 amide bonds. The van der Waals surface area contributed by atoms with E-state index >= 15 is 0 Å². The van der Waals surface area contributed by atoms with Crippen molar-refractivity contribution in [3.8, 4) is 0 Å². The quantitative estimate of drug-likeness (QED) is 0.891. The van der Waals surface area contributed by atoms with E-state index < -0.39 is 0 Å². The molecule has 0 saturated carbocycles. The molecule has 4 nitrogen and oxygen atoms in total. The van der Waals surface area contributed by atoms with E-state index in [9.17, 15) is 4.79 Å². The number of piperidine rings is 1. The van der Waals surface area contributed by atoms with Crippen LogP contribution in [-0.2, 0) is 0 Å². The van der Waals surface area contributed by atoms with Crippen molar-refractivity contribution in [1.82, 2.24) is 9.88 Å². The van der Waals surface area contributed by atoms with E-state index in [1.807, 2.05) is 11.0 Å². The van der Waals surface area contributed by atoms with Crippen molar-refractivity contribution in [1.29, 1.82) is 0 Å². The van der Waals surface area contributed by atoms with E-state index in [2.05, 4.69) is 47.0 Å². The molecule has 0 spiro atoms. The van der Waals surface area contributed by atoms with Gasteiger partial charge in [0.05, 0.1) is 5.56 Å². The maximum absolute atomic E-state index is 12.9. The van der Waals surface area contributed by atoms with E-state index in [4.69, 9.17) is 0 Å². The Labute approximate surface area is 135 Å². The van der Waals surface area contributed by atoms with E-state index in [-0.39, 0.29) is 5.91 Å². The van der Waals surface area contributed by atoms with Gasteiger partial charge in [-0.25, -0.2) is 4.98 Å². The van der Waals surface area contributed by atoms with Gasteiger partial charge in [-0.2, -0.15) is 0 Å². The van der Waals surface area contributed by atoms with Gasteiger partial charge in [0.15, 0.2) is 0 Å². The van der Waals surface area contributed by atoms with Gasteiger partial charge in [-0.15, -0.1) is 0 Å². The maximum Gasteiger partial charge on any atom is 0.257 e. The SMILES string of the molecule is CCCNc1ncc(Br)cc1C(=O)N1CCC(C)CC1C. The predicted octanol–water partition coefficient (Wildman–Crippen LogP) is 3.93. The predicted molar refractivity (Wildman–Crippen MR) is 89.6 cm³/mol. The number of rotatable bonds is 4. The summed E-state index contributed by atoms with van der Waals surface area (Å²) in [4.78, 5) is 19.2. The van der Waals surface area contributed by atoms with Crippen molar-refractivity contribution in [2.24, 2.45) is 5.92 Å². The summed E-state index contributed by atoms with van der Waals surface area (Å²) < 4.78 is 0.839. The minimum absolute atomic E-state index is 0.0850. The molecule has 21 heavy (non-hydrogen) atoms. The first-order valence-electron chi connectivity index (χ1n) is 7.73. The molecule has 2 heterocycles. The maximum atomic E-state index is 12.9. The molecule has 0 bridgehead atoms. The van der Waals surface area contributed by atoms with E-state index in [0.717, 1.165) is 36.8 Å². The van der Waals surface area contributed by atoms with Gasteiger partial charge in [0, 0.05) is 29.8 Å². The largest absolute Gasteiger partial charge is 0.369 e. The summed E-state index contributed by atoms with van der Waals surface area (Å²) >= 11 is 3.42. The van der Waals surface area contributed by atoms with Crippen LogP contribution in [0.2, 0.25) is 0 Å². The number of carbonyl (C=O) groups excluding carboxylic acids is 1. The molecule has 1 aliphatic rings. The number of aromatic nitrogens is 1. The van der Waals surface area contributed by atoms with Crippen molar-refractivity contribution in [3.63, 3.8) is 0 Å². The van der Waals surface area contributed by atoms with Crippen LogP contribution in [0.4, 0.5) is 5.82 Å². The number of hydrogen-bond donors (Lipinski definition) is 1. The lowest BCUT2D eigenvalue weighted by molar-refractivity contribution is 0.0589. The lowest BCUT2D eigenvalue weighted by Crippen LogP contribution is -2.44. The number of pyridine rings is 1. The normalized spacial score (nSPS) is 22.2. The molecule has 2 atom stereocenters. The Hall–Kier alpha value is -1.10. The van der Waals surface area contributed by atoms with Crippen LogP contribution in [-0.4, -0.2) is 34.9 Å². The van der Waals surface area contributed by atoms with Crippen LogP contribution in [0.25, 0.3) is 0 Å². The van der Waals surface area contributed by atoms with E-state index in [1.54, 1.807) is 6.20 Å². The van der Waals surface area contributed by atoms with Gasteiger partial charge in [0.25, 0.3) is 5.91 Å². The van der Waals surface area contributed by atoms with Crippen molar-refractivity contribution < 1.29 is 4.79 Å². The van der Waals surface area contributed by atoms with Gasteiger partial charge in [-0.1, -0.05) is 13.8 Å². The summed E-state index contributed by atoms with van der Waals surface area (Å²) in [5, 5.41) is 3.25. The molecule has 0 radical (unpaired) electrons. The molecule has 2 rings (SSSR count). The van der Waals surface area contributed by atoms with Crippen LogP contribution >= 0.6 is 15.9 Å². The smallest absolute Gasteiger partial charge is 0.257 e. The molecule has 1 N–H and O–H groups in total. The fourth-order valence-electron chi connectivity index (χ4n) is 2.85. The highest BCUT2D eigenvalue weighted by molar-refractivity contribution is 9.10. The van der Waals surface area contributed by atoms with Gasteiger partial charge in [-0.05, 0) is 54.1 Å². The first-order chi connectivity index (χ1) is 10.0. The highest BCUT2D eigenvalue weighted by Crippen LogP contribution is 2.26. The lowest BCUT2D eigenvalue weighted by atomic mass is 9.93. The third kappa shape index (κ3) is 3.96. The molecule has 1 fully saturated rings. The second-order valence-electron chi connectivity index (χ2n) is 5.95. The van der Waals surface area contributed by atoms with Crippen LogP contribution in [0.3, 0.4) is 0 Å². The Bertz CT molecular complexity index is 506. The van der Waals surface area contributed by atoms with Gasteiger partial charge in [0.1, 0.15) is 5.82 Å². The molecule has 1 saturated heterocycles. The molecular formula is C16H24BrN3O. The molecule has 5 heteroatoms. The topological polar surface area (TPSA) is 45.2 Å². The first-order valence-corrected chi connectivity index (χ1v) is 8.52. The zero-order valence-corrected chi connectivity index (χ0v) is 14.6. The average Bonchev–Trinajstić information content (AvgIpc) is 2.45. The van der Waals surface area contributed by atoms with Gasteiger partial charge >= 0.3 is 0 Å². The highest BCUT2D eigenvalue weighted by atomic mass is 79.9. The van der Waals surface area contributed by atoms with Gasteiger partial charge in [0.2, 0.25) is 0 Å². The summed E-state index contributed by atoms with van der Waals surface area (Å²) in [6.07, 6.45) is 4.89. The van der Waals surface area contributed by atoms with Crippen LogP contribution < -0.4 is 5.32 Å². The molecule has 116 valence electrons. The Morgan fingerprint density at radius 2 is 2.29 bits per heavy atom. The zero-order chi connectivity index (χ0) is 15.4. The third-order valence-corrected chi connectivity index (χ3v) is 4.46. The summed E-state index contributed by atoms with van der Waals surface area (Å²) in [6, 6.07) is 2.16. The van der Waals surface area contributed by atoms with Crippen LogP contribution in [0.5, 0.6) is 0 Å². The molecular weight excluding hydrogens is 330 g/mol. The Balaban J connectivity index is 2.23. The molecule has 0 aliphatic carbocycles. The zero-order valence-electron chi connectivity index (χ0n) is 13.0. The number of halogens is 1. The van der Waals surface area contributed by atoms with Crippen molar-refractivity contribution in [3.05, 3.63) is 22.3 Å². The van der Waals surface area contributed by atoms with Crippen LogP contribution in [0.15, 0.2) is 16.7 Å². The highest BCUT2D eigenvalue weighted by Gasteiger charge is 2.29. The monoisotopic (exact) mass is 353 g/mol. The summed E-state index contributed by atoms with van der Waals surface area (Å²) in [7, 11) is 0. The molecule has 1 aromatic heterocycles. The fourth-order valence-corrected chi connectivity index (χ4v) is 3.18. The molecule has 0 aromatic carbocycles. The van der Waals surface area contributed by atoms with E-state index in [0.29, 0.717) is 23.3 Å². The number of nitrogens with one attached hydrogen (secondary N) is 1. The Morgan fingerprint density at radius 1 is 1.52 bits per heavy atom. The van der Waals surface area contributed by atoms with Crippen molar-refractivity contribution in [2.75, 3.05) is 18.4 Å². The standard InChI is InChI=1S/C16H24BrN3O/c1-4-6-18-15-14(9-13(17)10-19-15)16(21)20-7-5-11(2)8-12(20)3/h9-12H,4-8H2,1-3H3,(H,18,19). The van der Waals surface area contributed by atoms with Crippen LogP contribution in [0.1, 0.15) is 50.4 Å². The number of nitrogens with zero attached hydrogens (tertiary/aromatic N) is 2. The minimum atomic E-state index is 0.0850. The number of carbonyl (C=O) groups is 1. The summed E-state index contributed by atoms with van der Waals surface area (Å²) in [5.41, 5.74) is 0.666. The van der Waals surface area contributed by atoms with Crippen molar-refractivity contribution >= 4 is 27.7 Å². The minimum Gasteiger partial charge on any atom is -0.369 e. The fraction of sp³-hybridized carbons (Fsp3) is 0.625. The summed E-state index contributed by atoms with van der Waals surface area (Å²) in [6.45, 7) is 8.15. The van der Waals surface area contributed by atoms with Crippen molar-refractivity contribution in [2.45, 2.75) is 46.1 Å².